The number of aryl methyl sites for hydroxylation is 1. The van der Waals surface area contributed by atoms with Crippen LogP contribution in [0, 0.1) is 5.82 Å². The predicted molar refractivity (Wildman–Crippen MR) is 135 cm³/mol. The lowest BCUT2D eigenvalue weighted by Gasteiger charge is -2.36. The fraction of sp³-hybridized carbons (Fsp3) is 0.633. The van der Waals surface area contributed by atoms with E-state index in [1.807, 2.05) is 30.7 Å². The van der Waals surface area contributed by atoms with Gasteiger partial charge in [-0.25, -0.2) is 4.39 Å². The van der Waals surface area contributed by atoms with E-state index >= 15 is 4.39 Å². The molecule has 1 aliphatic heterocycles. The number of alkyl halides is 6. The van der Waals surface area contributed by atoms with Gasteiger partial charge < -0.3 is 0 Å². The Morgan fingerprint density at radius 1 is 0.842 bits per heavy atom. The standard InChI is InChI=1S/C30H39F7N/c1-5-9-10-11-12-13-14-20-15-17-38-23(18-20)24-21(7-3)25(29(32,33)34)27(31)26(30(35,36)37)22(24)19-28(38,8-4)16-6-2/h15,17-18H,5-14,16,19H2,1-4H3/q+1. The zero-order valence-corrected chi connectivity index (χ0v) is 22.8. The number of pyridine rings is 1. The van der Waals surface area contributed by atoms with Crippen LogP contribution in [-0.4, -0.2) is 0 Å². The van der Waals surface area contributed by atoms with Gasteiger partial charge in [-0.05, 0) is 42.4 Å². The summed E-state index contributed by atoms with van der Waals surface area (Å²) in [5.41, 5.74) is -3.98. The molecule has 38 heavy (non-hydrogen) atoms. The second-order valence-corrected chi connectivity index (χ2v) is 10.6. The van der Waals surface area contributed by atoms with Crippen molar-refractivity contribution in [3.8, 4) is 11.3 Å². The van der Waals surface area contributed by atoms with Crippen molar-refractivity contribution in [3.63, 3.8) is 0 Å². The molecule has 0 N–H and O–H groups in total. The topological polar surface area (TPSA) is 3.88 Å². The Morgan fingerprint density at radius 3 is 2.03 bits per heavy atom. The van der Waals surface area contributed by atoms with Crippen molar-refractivity contribution in [2.75, 3.05) is 0 Å². The Morgan fingerprint density at radius 2 is 1.47 bits per heavy atom. The number of halogens is 7. The molecule has 8 heteroatoms. The molecule has 0 spiro atoms. The predicted octanol–water partition coefficient (Wildman–Crippen LogP) is 9.74. The zero-order chi connectivity index (χ0) is 28.3. The largest absolute Gasteiger partial charge is 0.419 e. The van der Waals surface area contributed by atoms with E-state index in [4.69, 9.17) is 0 Å². The summed E-state index contributed by atoms with van der Waals surface area (Å²) in [6, 6.07) is 3.69. The van der Waals surface area contributed by atoms with Gasteiger partial charge in [0.2, 0.25) is 5.69 Å². The van der Waals surface area contributed by atoms with E-state index in [9.17, 15) is 26.3 Å². The minimum atomic E-state index is -5.26. The molecular weight excluding hydrogens is 507 g/mol. The summed E-state index contributed by atoms with van der Waals surface area (Å²) in [5.74, 6) is -2.20. The number of nitrogens with zero attached hydrogens (tertiary/aromatic N) is 1. The third-order valence-electron chi connectivity index (χ3n) is 8.05. The molecule has 1 atom stereocenters. The first-order chi connectivity index (χ1) is 17.9. The van der Waals surface area contributed by atoms with Gasteiger partial charge in [-0.2, -0.15) is 30.9 Å². The van der Waals surface area contributed by atoms with Crippen molar-refractivity contribution in [1.82, 2.24) is 0 Å². The fourth-order valence-corrected chi connectivity index (χ4v) is 6.23. The van der Waals surface area contributed by atoms with Crippen LogP contribution in [-0.2, 0) is 37.2 Å². The summed E-state index contributed by atoms with van der Waals surface area (Å²) in [6.07, 6.45) is -0.304. The molecule has 0 saturated carbocycles. The summed E-state index contributed by atoms with van der Waals surface area (Å²) < 4.78 is 102. The number of hydrogen-bond donors (Lipinski definition) is 0. The van der Waals surface area contributed by atoms with Gasteiger partial charge in [-0.15, -0.1) is 0 Å². The highest BCUT2D eigenvalue weighted by molar-refractivity contribution is 5.72. The van der Waals surface area contributed by atoms with Crippen molar-refractivity contribution < 1.29 is 35.3 Å². The lowest BCUT2D eigenvalue weighted by atomic mass is 9.74. The molecule has 0 amide bonds. The number of fused-ring (bicyclic) bond motifs is 3. The number of hydrogen-bond acceptors (Lipinski definition) is 0. The van der Waals surface area contributed by atoms with Gasteiger partial charge in [0.25, 0.3) is 0 Å². The number of unbranched alkanes of at least 4 members (excludes halogenated alkanes) is 5. The normalized spacial score (nSPS) is 17.4. The van der Waals surface area contributed by atoms with Crippen molar-refractivity contribution in [3.05, 3.63) is 52.0 Å². The van der Waals surface area contributed by atoms with E-state index in [1.165, 1.54) is 13.3 Å². The smallest absolute Gasteiger partial charge is 0.206 e. The highest BCUT2D eigenvalue weighted by atomic mass is 19.4. The summed E-state index contributed by atoms with van der Waals surface area (Å²) in [7, 11) is 0. The molecule has 0 fully saturated rings. The molecule has 3 rings (SSSR count). The maximum atomic E-state index is 15.3. The Kier molecular flexibility index (Phi) is 9.57. The molecule has 0 radical (unpaired) electrons. The zero-order valence-electron chi connectivity index (χ0n) is 22.8. The molecule has 1 unspecified atom stereocenters. The first-order valence-corrected chi connectivity index (χ1v) is 13.9. The Balaban J connectivity index is 2.30. The quantitative estimate of drug-likeness (QED) is 0.150. The second-order valence-electron chi connectivity index (χ2n) is 10.6. The third-order valence-corrected chi connectivity index (χ3v) is 8.05. The molecule has 0 bridgehead atoms. The van der Waals surface area contributed by atoms with E-state index in [1.54, 1.807) is 6.07 Å². The molecule has 1 nitrogen and oxygen atoms in total. The maximum absolute atomic E-state index is 15.3. The van der Waals surface area contributed by atoms with Gasteiger partial charge in [0.15, 0.2) is 11.7 Å². The second kappa shape index (κ2) is 12.0. The average molecular weight is 547 g/mol. The molecule has 0 saturated heterocycles. The minimum Gasteiger partial charge on any atom is -0.206 e. The minimum absolute atomic E-state index is 0.0986. The van der Waals surface area contributed by atoms with Crippen molar-refractivity contribution in [2.24, 2.45) is 0 Å². The first-order valence-electron chi connectivity index (χ1n) is 13.9. The molecule has 1 aliphatic rings. The third kappa shape index (κ3) is 5.89. The molecule has 0 aliphatic carbocycles. The maximum Gasteiger partial charge on any atom is 0.419 e. The van der Waals surface area contributed by atoms with Crippen LogP contribution in [0.5, 0.6) is 0 Å². The van der Waals surface area contributed by atoms with Gasteiger partial charge >= 0.3 is 12.4 Å². The van der Waals surface area contributed by atoms with Crippen LogP contribution in [0.4, 0.5) is 30.7 Å². The van der Waals surface area contributed by atoms with Crippen LogP contribution in [0.3, 0.4) is 0 Å². The highest BCUT2D eigenvalue weighted by Crippen LogP contribution is 2.50. The molecule has 2 aromatic rings. The van der Waals surface area contributed by atoms with Gasteiger partial charge in [0.1, 0.15) is 5.82 Å². The van der Waals surface area contributed by atoms with Gasteiger partial charge in [-0.1, -0.05) is 59.8 Å². The van der Waals surface area contributed by atoms with Gasteiger partial charge in [0, 0.05) is 31.4 Å². The molecule has 212 valence electrons. The number of aromatic nitrogens is 1. The SMILES string of the molecule is CCCCCCCCc1cc[n+]2c(c1)-c1c(CC)c(C(F)(F)F)c(F)c(C(F)(F)F)c1CC2(CC)CCC. The highest BCUT2D eigenvalue weighted by Gasteiger charge is 2.53. The number of benzene rings is 1. The van der Waals surface area contributed by atoms with Crippen molar-refractivity contribution in [1.29, 1.82) is 0 Å². The van der Waals surface area contributed by atoms with Crippen molar-refractivity contribution in [2.45, 2.75) is 123 Å². The number of rotatable bonds is 11. The van der Waals surface area contributed by atoms with Gasteiger partial charge in [0.05, 0.1) is 16.7 Å². The van der Waals surface area contributed by atoms with E-state index in [-0.39, 0.29) is 24.0 Å². The van der Waals surface area contributed by atoms with E-state index < -0.39 is 40.4 Å². The fourth-order valence-electron chi connectivity index (χ4n) is 6.23. The summed E-state index contributed by atoms with van der Waals surface area (Å²) in [4.78, 5) is 0. The Labute approximate surface area is 221 Å². The Hall–Kier alpha value is -2.12. The van der Waals surface area contributed by atoms with Gasteiger partial charge in [-0.3, -0.25) is 0 Å². The van der Waals surface area contributed by atoms with Crippen LogP contribution in [0.25, 0.3) is 11.3 Å². The summed E-state index contributed by atoms with van der Waals surface area (Å²) in [6.45, 7) is 7.38. The summed E-state index contributed by atoms with van der Waals surface area (Å²) in [5, 5.41) is 0. The lowest BCUT2D eigenvalue weighted by Crippen LogP contribution is -2.61. The van der Waals surface area contributed by atoms with Crippen molar-refractivity contribution >= 4 is 0 Å². The van der Waals surface area contributed by atoms with Crippen LogP contribution >= 0.6 is 0 Å². The molecule has 1 aromatic heterocycles. The monoisotopic (exact) mass is 546 g/mol. The van der Waals surface area contributed by atoms with E-state index in [0.717, 1.165) is 37.7 Å². The average Bonchev–Trinajstić information content (AvgIpc) is 2.83. The van der Waals surface area contributed by atoms with Crippen LogP contribution in [0.15, 0.2) is 18.3 Å². The molecular formula is C30H39F7N+. The van der Waals surface area contributed by atoms with E-state index in [0.29, 0.717) is 31.4 Å². The Bertz CT molecular complexity index is 1120. The van der Waals surface area contributed by atoms with Crippen LogP contribution in [0.2, 0.25) is 0 Å². The van der Waals surface area contributed by atoms with Crippen LogP contribution < -0.4 is 4.57 Å². The van der Waals surface area contributed by atoms with Crippen LogP contribution in [0.1, 0.15) is 113 Å². The molecule has 1 aromatic carbocycles. The molecule has 2 heterocycles. The summed E-state index contributed by atoms with van der Waals surface area (Å²) >= 11 is 0. The lowest BCUT2D eigenvalue weighted by molar-refractivity contribution is -0.759. The first kappa shape index (κ1) is 30.4. The van der Waals surface area contributed by atoms with E-state index in [2.05, 4.69) is 6.92 Å².